The molecular weight excluding hydrogens is 371 g/mol. The summed E-state index contributed by atoms with van der Waals surface area (Å²) in [6, 6.07) is 9.47. The molecule has 1 amide bonds. The average Bonchev–Trinajstić information content (AvgIpc) is 2.54. The maximum Gasteiger partial charge on any atom is 0.352 e. The van der Waals surface area contributed by atoms with Gasteiger partial charge in [-0.1, -0.05) is 35.3 Å². The summed E-state index contributed by atoms with van der Waals surface area (Å²) in [5.41, 5.74) is -0.381. The third-order valence-electron chi connectivity index (χ3n) is 3.05. The van der Waals surface area contributed by atoms with E-state index in [-0.39, 0.29) is 21.8 Å². The summed E-state index contributed by atoms with van der Waals surface area (Å²) in [5, 5.41) is 22.6. The van der Waals surface area contributed by atoms with Gasteiger partial charge in [0, 0.05) is 17.2 Å². The van der Waals surface area contributed by atoms with E-state index in [1.54, 1.807) is 0 Å². The number of non-ortho nitro benzene ring substituents is 1. The third kappa shape index (κ3) is 4.79. The topological polar surface area (TPSA) is 110 Å². The molecular formula is C16H10Cl2N2O5. The van der Waals surface area contributed by atoms with Crippen LogP contribution < -0.4 is 5.32 Å². The lowest BCUT2D eigenvalue weighted by atomic mass is 10.1. The number of aliphatic carboxylic acids is 1. The van der Waals surface area contributed by atoms with Crippen LogP contribution in [-0.4, -0.2) is 21.9 Å². The molecule has 0 atom stereocenters. The van der Waals surface area contributed by atoms with Crippen molar-refractivity contribution in [1.29, 1.82) is 0 Å². The SMILES string of the molecule is O=C(O)/C(=C/c1cccc([N+](=O)[O-])c1)NC(=O)c1ccc(Cl)cc1Cl. The van der Waals surface area contributed by atoms with Crippen LogP contribution in [0.1, 0.15) is 15.9 Å². The number of carboxylic acid groups (broad SMARTS) is 1. The van der Waals surface area contributed by atoms with E-state index in [0.29, 0.717) is 5.02 Å². The first-order valence-electron chi connectivity index (χ1n) is 6.74. The lowest BCUT2D eigenvalue weighted by molar-refractivity contribution is -0.384. The van der Waals surface area contributed by atoms with Crippen LogP contribution in [0.5, 0.6) is 0 Å². The number of carbonyl (C=O) groups is 2. The Morgan fingerprint density at radius 2 is 1.88 bits per heavy atom. The third-order valence-corrected chi connectivity index (χ3v) is 3.59. The number of amides is 1. The van der Waals surface area contributed by atoms with Crippen molar-refractivity contribution in [3.8, 4) is 0 Å². The first-order valence-corrected chi connectivity index (χ1v) is 7.49. The number of hydrogen-bond donors (Lipinski definition) is 2. The van der Waals surface area contributed by atoms with Gasteiger partial charge in [0.2, 0.25) is 0 Å². The highest BCUT2D eigenvalue weighted by Gasteiger charge is 2.16. The molecule has 0 spiro atoms. The molecule has 0 saturated heterocycles. The zero-order valence-corrected chi connectivity index (χ0v) is 13.9. The van der Waals surface area contributed by atoms with Crippen LogP contribution in [0.15, 0.2) is 48.2 Å². The second-order valence-electron chi connectivity index (χ2n) is 4.79. The van der Waals surface area contributed by atoms with Gasteiger partial charge < -0.3 is 10.4 Å². The Balaban J connectivity index is 2.32. The van der Waals surface area contributed by atoms with Crippen LogP contribution in [0, 0.1) is 10.1 Å². The van der Waals surface area contributed by atoms with Gasteiger partial charge in [-0.3, -0.25) is 14.9 Å². The van der Waals surface area contributed by atoms with Gasteiger partial charge in [0.25, 0.3) is 11.6 Å². The number of halogens is 2. The van der Waals surface area contributed by atoms with Crippen molar-refractivity contribution < 1.29 is 19.6 Å². The molecule has 0 bridgehead atoms. The second kappa shape index (κ2) is 7.78. The highest BCUT2D eigenvalue weighted by atomic mass is 35.5. The summed E-state index contributed by atoms with van der Waals surface area (Å²) < 4.78 is 0. The molecule has 128 valence electrons. The maximum absolute atomic E-state index is 12.2. The quantitative estimate of drug-likeness (QED) is 0.466. The fraction of sp³-hybridized carbons (Fsp3) is 0. The predicted molar refractivity (Wildman–Crippen MR) is 92.6 cm³/mol. The van der Waals surface area contributed by atoms with Gasteiger partial charge in [-0.15, -0.1) is 0 Å². The molecule has 0 radical (unpaired) electrons. The van der Waals surface area contributed by atoms with Gasteiger partial charge in [0.1, 0.15) is 5.70 Å². The van der Waals surface area contributed by atoms with E-state index in [1.807, 2.05) is 0 Å². The Kier molecular flexibility index (Phi) is 5.74. The van der Waals surface area contributed by atoms with E-state index < -0.39 is 22.5 Å². The molecule has 0 aliphatic rings. The van der Waals surface area contributed by atoms with Crippen molar-refractivity contribution in [3.63, 3.8) is 0 Å². The Hall–Kier alpha value is -2.90. The van der Waals surface area contributed by atoms with Crippen molar-refractivity contribution in [3.05, 3.63) is 79.4 Å². The Labute approximate surface area is 151 Å². The monoisotopic (exact) mass is 380 g/mol. The van der Waals surface area contributed by atoms with Crippen molar-refractivity contribution in [2.24, 2.45) is 0 Å². The predicted octanol–water partition coefficient (Wildman–Crippen LogP) is 3.76. The molecule has 2 rings (SSSR count). The highest BCUT2D eigenvalue weighted by molar-refractivity contribution is 6.36. The summed E-state index contributed by atoms with van der Waals surface area (Å²) in [5.74, 6) is -2.16. The van der Waals surface area contributed by atoms with Crippen LogP contribution in [-0.2, 0) is 4.79 Å². The number of benzene rings is 2. The number of carboxylic acids is 1. The minimum atomic E-state index is -1.41. The lowest BCUT2D eigenvalue weighted by Crippen LogP contribution is -2.27. The number of nitrogens with one attached hydrogen (secondary N) is 1. The smallest absolute Gasteiger partial charge is 0.352 e. The summed E-state index contributed by atoms with van der Waals surface area (Å²) in [6.07, 6.45) is 1.11. The molecule has 2 N–H and O–H groups in total. The molecule has 25 heavy (non-hydrogen) atoms. The van der Waals surface area contributed by atoms with E-state index in [1.165, 1.54) is 42.5 Å². The highest BCUT2D eigenvalue weighted by Crippen LogP contribution is 2.21. The number of hydrogen-bond acceptors (Lipinski definition) is 4. The minimum Gasteiger partial charge on any atom is -0.477 e. The number of nitro benzene ring substituents is 1. The molecule has 0 heterocycles. The van der Waals surface area contributed by atoms with Gasteiger partial charge in [-0.2, -0.15) is 0 Å². The second-order valence-corrected chi connectivity index (χ2v) is 5.64. The van der Waals surface area contributed by atoms with Crippen molar-refractivity contribution in [2.45, 2.75) is 0 Å². The van der Waals surface area contributed by atoms with E-state index in [2.05, 4.69) is 5.32 Å². The molecule has 0 saturated carbocycles. The van der Waals surface area contributed by atoms with Crippen LogP contribution in [0.2, 0.25) is 10.0 Å². The summed E-state index contributed by atoms with van der Waals surface area (Å²) in [4.78, 5) is 33.7. The molecule has 0 fully saturated rings. The number of nitro groups is 1. The average molecular weight is 381 g/mol. The van der Waals surface area contributed by atoms with Crippen molar-refractivity contribution in [1.82, 2.24) is 5.32 Å². The fourth-order valence-electron chi connectivity index (χ4n) is 1.91. The first kappa shape index (κ1) is 18.4. The fourth-order valence-corrected chi connectivity index (χ4v) is 2.40. The minimum absolute atomic E-state index is 0.0391. The van der Waals surface area contributed by atoms with E-state index in [0.717, 1.165) is 6.08 Å². The van der Waals surface area contributed by atoms with Crippen molar-refractivity contribution in [2.75, 3.05) is 0 Å². The molecule has 2 aromatic carbocycles. The van der Waals surface area contributed by atoms with Gasteiger partial charge in [-0.25, -0.2) is 4.79 Å². The van der Waals surface area contributed by atoms with Crippen LogP contribution in [0.4, 0.5) is 5.69 Å². The Morgan fingerprint density at radius 3 is 2.48 bits per heavy atom. The Morgan fingerprint density at radius 1 is 1.16 bits per heavy atom. The largest absolute Gasteiger partial charge is 0.477 e. The number of nitrogens with zero attached hydrogens (tertiary/aromatic N) is 1. The van der Waals surface area contributed by atoms with Crippen LogP contribution in [0.3, 0.4) is 0 Å². The van der Waals surface area contributed by atoms with Crippen LogP contribution >= 0.6 is 23.2 Å². The van der Waals surface area contributed by atoms with Crippen molar-refractivity contribution >= 4 is 46.8 Å². The van der Waals surface area contributed by atoms with Crippen LogP contribution in [0.25, 0.3) is 6.08 Å². The number of rotatable bonds is 5. The molecule has 0 unspecified atom stereocenters. The molecule has 0 aliphatic carbocycles. The van der Waals surface area contributed by atoms with Gasteiger partial charge >= 0.3 is 5.97 Å². The zero-order chi connectivity index (χ0) is 18.6. The van der Waals surface area contributed by atoms with E-state index in [4.69, 9.17) is 23.2 Å². The van der Waals surface area contributed by atoms with Gasteiger partial charge in [0.05, 0.1) is 15.5 Å². The van der Waals surface area contributed by atoms with Gasteiger partial charge in [-0.05, 0) is 29.8 Å². The molecule has 9 heteroatoms. The molecule has 0 aromatic heterocycles. The maximum atomic E-state index is 12.2. The summed E-state index contributed by atoms with van der Waals surface area (Å²) >= 11 is 11.7. The molecule has 7 nitrogen and oxygen atoms in total. The zero-order valence-electron chi connectivity index (χ0n) is 12.4. The Bertz CT molecular complexity index is 896. The summed E-state index contributed by atoms with van der Waals surface area (Å²) in [7, 11) is 0. The van der Waals surface area contributed by atoms with Gasteiger partial charge in [0.15, 0.2) is 0 Å². The molecule has 0 aliphatic heterocycles. The first-order chi connectivity index (χ1) is 11.8. The normalized spacial score (nSPS) is 11.0. The van der Waals surface area contributed by atoms with E-state index >= 15 is 0 Å². The standard InChI is InChI=1S/C16H10Cl2N2O5/c17-10-4-5-12(13(18)8-10)15(21)19-14(16(22)23)7-9-2-1-3-11(6-9)20(24)25/h1-8H,(H,19,21)(H,22,23)/b14-7-. The lowest BCUT2D eigenvalue weighted by Gasteiger charge is -2.08. The summed E-state index contributed by atoms with van der Waals surface area (Å²) in [6.45, 7) is 0. The molecule has 2 aromatic rings. The van der Waals surface area contributed by atoms with E-state index in [9.17, 15) is 24.8 Å². The number of carbonyl (C=O) groups excluding carboxylic acids is 1.